The Labute approximate surface area is 190 Å². The molecule has 3 rings (SSSR count). The van der Waals surface area contributed by atoms with E-state index in [1.807, 2.05) is 37.3 Å². The SMILES string of the molecule is CCCN(C)C(=O)Cc1cn2c(C(=O)NCC(CC(C)C)c3ccccc3)cccc2n1. The van der Waals surface area contributed by atoms with Crippen LogP contribution in [0, 0.1) is 5.92 Å². The fourth-order valence-corrected chi connectivity index (χ4v) is 4.02. The highest BCUT2D eigenvalue weighted by Gasteiger charge is 2.18. The lowest BCUT2D eigenvalue weighted by molar-refractivity contribution is -0.129. The first-order chi connectivity index (χ1) is 15.4. The molecule has 2 aromatic heterocycles. The lowest BCUT2D eigenvalue weighted by Crippen LogP contribution is -2.30. The van der Waals surface area contributed by atoms with Crippen molar-refractivity contribution in [2.45, 2.75) is 46.0 Å². The van der Waals surface area contributed by atoms with E-state index < -0.39 is 0 Å². The van der Waals surface area contributed by atoms with Crippen LogP contribution in [-0.2, 0) is 11.2 Å². The number of benzene rings is 1. The highest BCUT2D eigenvalue weighted by Crippen LogP contribution is 2.23. The van der Waals surface area contributed by atoms with Gasteiger partial charge in [-0.2, -0.15) is 0 Å². The van der Waals surface area contributed by atoms with Gasteiger partial charge in [0.15, 0.2) is 0 Å². The van der Waals surface area contributed by atoms with Crippen LogP contribution in [0.4, 0.5) is 0 Å². The summed E-state index contributed by atoms with van der Waals surface area (Å²) >= 11 is 0. The quantitative estimate of drug-likeness (QED) is 0.517. The second-order valence-electron chi connectivity index (χ2n) is 8.81. The molecule has 32 heavy (non-hydrogen) atoms. The molecule has 0 bridgehead atoms. The molecule has 0 spiro atoms. The third-order valence-corrected chi connectivity index (χ3v) is 5.63. The molecule has 0 aliphatic rings. The Morgan fingerprint density at radius 1 is 1.09 bits per heavy atom. The maximum absolute atomic E-state index is 13.1. The zero-order valence-corrected chi connectivity index (χ0v) is 19.5. The predicted molar refractivity (Wildman–Crippen MR) is 128 cm³/mol. The minimum absolute atomic E-state index is 0.0284. The van der Waals surface area contributed by atoms with Crippen LogP contribution < -0.4 is 5.32 Å². The Hall–Kier alpha value is -3.15. The van der Waals surface area contributed by atoms with E-state index in [0.717, 1.165) is 19.4 Å². The summed E-state index contributed by atoms with van der Waals surface area (Å²) in [5.41, 5.74) is 3.09. The van der Waals surface area contributed by atoms with Crippen LogP contribution in [0.1, 0.15) is 61.3 Å². The van der Waals surface area contributed by atoms with Gasteiger partial charge in [-0.3, -0.25) is 14.0 Å². The number of carbonyl (C=O) groups is 2. The molecule has 0 aliphatic heterocycles. The topological polar surface area (TPSA) is 66.7 Å². The highest BCUT2D eigenvalue weighted by atomic mass is 16.2. The van der Waals surface area contributed by atoms with Crippen LogP contribution in [0.15, 0.2) is 54.7 Å². The van der Waals surface area contributed by atoms with Gasteiger partial charge in [-0.05, 0) is 36.5 Å². The Bertz CT molecular complexity index is 1040. The fourth-order valence-electron chi connectivity index (χ4n) is 4.02. The molecule has 6 nitrogen and oxygen atoms in total. The minimum Gasteiger partial charge on any atom is -0.350 e. The molecule has 2 heterocycles. The molecule has 3 aromatic rings. The molecule has 0 radical (unpaired) electrons. The summed E-state index contributed by atoms with van der Waals surface area (Å²) in [6.45, 7) is 7.73. The van der Waals surface area contributed by atoms with Crippen molar-refractivity contribution in [2.75, 3.05) is 20.1 Å². The molecule has 6 heteroatoms. The number of likely N-dealkylation sites (N-methyl/N-ethyl adjacent to an activating group) is 1. The normalized spacial score (nSPS) is 12.2. The molecule has 0 aliphatic carbocycles. The van der Waals surface area contributed by atoms with Gasteiger partial charge in [0.05, 0.1) is 12.1 Å². The third kappa shape index (κ3) is 5.96. The maximum atomic E-state index is 13.1. The molecule has 170 valence electrons. The van der Waals surface area contributed by atoms with E-state index in [4.69, 9.17) is 0 Å². The highest BCUT2D eigenvalue weighted by molar-refractivity contribution is 5.93. The summed E-state index contributed by atoms with van der Waals surface area (Å²) in [4.78, 5) is 31.7. The average Bonchev–Trinajstić information content (AvgIpc) is 3.19. The van der Waals surface area contributed by atoms with Crippen molar-refractivity contribution in [3.8, 4) is 0 Å². The van der Waals surface area contributed by atoms with Crippen molar-refractivity contribution in [3.05, 3.63) is 71.7 Å². The summed E-state index contributed by atoms with van der Waals surface area (Å²) in [6.07, 6.45) is 3.93. The zero-order valence-electron chi connectivity index (χ0n) is 19.5. The summed E-state index contributed by atoms with van der Waals surface area (Å²) in [5.74, 6) is 0.670. The number of pyridine rings is 1. The monoisotopic (exact) mass is 434 g/mol. The smallest absolute Gasteiger partial charge is 0.268 e. The number of amides is 2. The number of aromatic nitrogens is 2. The van der Waals surface area contributed by atoms with Crippen LogP contribution in [0.25, 0.3) is 5.65 Å². The molecule has 1 aromatic carbocycles. The average molecular weight is 435 g/mol. The standard InChI is InChI=1S/C26H34N4O2/c1-5-14-29(4)25(31)16-22-18-30-23(12-9-13-24(30)28-22)26(32)27-17-21(15-19(2)3)20-10-7-6-8-11-20/h6-13,18-19,21H,5,14-17H2,1-4H3,(H,27,32). The van der Waals surface area contributed by atoms with Gasteiger partial charge in [0.1, 0.15) is 11.3 Å². The van der Waals surface area contributed by atoms with Crippen molar-refractivity contribution in [3.63, 3.8) is 0 Å². The summed E-state index contributed by atoms with van der Waals surface area (Å²) in [6, 6.07) is 15.8. The van der Waals surface area contributed by atoms with E-state index in [-0.39, 0.29) is 24.2 Å². The van der Waals surface area contributed by atoms with Gasteiger partial charge in [-0.15, -0.1) is 0 Å². The van der Waals surface area contributed by atoms with Crippen molar-refractivity contribution in [1.82, 2.24) is 19.6 Å². The molecular formula is C26H34N4O2. The fraction of sp³-hybridized carbons (Fsp3) is 0.423. The first-order valence-electron chi connectivity index (χ1n) is 11.4. The van der Waals surface area contributed by atoms with Gasteiger partial charge in [-0.1, -0.05) is 57.2 Å². The van der Waals surface area contributed by atoms with E-state index in [9.17, 15) is 9.59 Å². The molecule has 0 fully saturated rings. The summed E-state index contributed by atoms with van der Waals surface area (Å²) in [5, 5.41) is 3.12. The Morgan fingerprint density at radius 3 is 2.53 bits per heavy atom. The third-order valence-electron chi connectivity index (χ3n) is 5.63. The largest absolute Gasteiger partial charge is 0.350 e. The second kappa shape index (κ2) is 10.9. The van der Waals surface area contributed by atoms with Crippen LogP contribution >= 0.6 is 0 Å². The maximum Gasteiger partial charge on any atom is 0.268 e. The van der Waals surface area contributed by atoms with Crippen LogP contribution in [-0.4, -0.2) is 46.2 Å². The van der Waals surface area contributed by atoms with E-state index in [1.54, 1.807) is 28.6 Å². The van der Waals surface area contributed by atoms with E-state index in [1.165, 1.54) is 5.56 Å². The number of rotatable bonds is 10. The van der Waals surface area contributed by atoms with Crippen LogP contribution in [0.3, 0.4) is 0 Å². The summed E-state index contributed by atoms with van der Waals surface area (Å²) < 4.78 is 1.78. The van der Waals surface area contributed by atoms with Crippen molar-refractivity contribution in [1.29, 1.82) is 0 Å². The van der Waals surface area contributed by atoms with Crippen LogP contribution in [0.2, 0.25) is 0 Å². The number of nitrogens with zero attached hydrogens (tertiary/aromatic N) is 3. The number of hydrogen-bond acceptors (Lipinski definition) is 3. The number of nitrogens with one attached hydrogen (secondary N) is 1. The van der Waals surface area contributed by atoms with Crippen molar-refractivity contribution in [2.24, 2.45) is 5.92 Å². The number of carbonyl (C=O) groups excluding carboxylic acids is 2. The first-order valence-corrected chi connectivity index (χ1v) is 11.4. The predicted octanol–water partition coefficient (Wildman–Crippen LogP) is 4.30. The Balaban J connectivity index is 1.74. The van der Waals surface area contributed by atoms with Gasteiger partial charge in [-0.25, -0.2) is 4.98 Å². The van der Waals surface area contributed by atoms with Crippen LogP contribution in [0.5, 0.6) is 0 Å². The minimum atomic E-state index is -0.140. The lowest BCUT2D eigenvalue weighted by atomic mass is 9.90. The Kier molecular flexibility index (Phi) is 8.03. The van der Waals surface area contributed by atoms with Gasteiger partial charge in [0.2, 0.25) is 5.91 Å². The van der Waals surface area contributed by atoms with E-state index in [2.05, 4.69) is 36.3 Å². The number of imidazole rings is 1. The van der Waals surface area contributed by atoms with Crippen molar-refractivity contribution < 1.29 is 9.59 Å². The van der Waals surface area contributed by atoms with Gasteiger partial charge in [0, 0.05) is 32.3 Å². The first kappa shape index (κ1) is 23.5. The molecule has 0 saturated carbocycles. The van der Waals surface area contributed by atoms with Gasteiger partial charge in [0.25, 0.3) is 5.91 Å². The van der Waals surface area contributed by atoms with Gasteiger partial charge >= 0.3 is 0 Å². The van der Waals surface area contributed by atoms with E-state index >= 15 is 0 Å². The lowest BCUT2D eigenvalue weighted by Gasteiger charge is -2.20. The molecule has 0 saturated heterocycles. The molecule has 1 atom stereocenters. The molecular weight excluding hydrogens is 400 g/mol. The molecule has 1 N–H and O–H groups in total. The van der Waals surface area contributed by atoms with E-state index in [0.29, 0.717) is 29.5 Å². The van der Waals surface area contributed by atoms with Gasteiger partial charge < -0.3 is 10.2 Å². The van der Waals surface area contributed by atoms with Crippen molar-refractivity contribution >= 4 is 17.5 Å². The second-order valence-corrected chi connectivity index (χ2v) is 8.81. The number of fused-ring (bicyclic) bond motifs is 1. The molecule has 1 unspecified atom stereocenters. The molecule has 2 amide bonds. The Morgan fingerprint density at radius 2 is 1.84 bits per heavy atom. The zero-order chi connectivity index (χ0) is 23.1. The summed E-state index contributed by atoms with van der Waals surface area (Å²) in [7, 11) is 1.81. The number of hydrogen-bond donors (Lipinski definition) is 1.